The van der Waals surface area contributed by atoms with Gasteiger partial charge in [0.2, 0.25) is 5.91 Å². The van der Waals surface area contributed by atoms with E-state index >= 15 is 0 Å². The Balaban J connectivity index is 1.24. The molecule has 0 saturated carbocycles. The molecule has 3 aliphatic heterocycles. The number of hydrogen-bond donors (Lipinski definition) is 2. The first-order valence-electron chi connectivity index (χ1n) is 10.5. The van der Waals surface area contributed by atoms with Crippen LogP contribution in [0.2, 0.25) is 0 Å². The van der Waals surface area contributed by atoms with E-state index in [1.165, 1.54) is 0 Å². The summed E-state index contributed by atoms with van der Waals surface area (Å²) in [6, 6.07) is 6.31. The molecular formula is C21H29N3O4S. The van der Waals surface area contributed by atoms with Gasteiger partial charge >= 0.3 is 6.03 Å². The highest BCUT2D eigenvalue weighted by Crippen LogP contribution is 2.35. The maximum atomic E-state index is 12.8. The van der Waals surface area contributed by atoms with Gasteiger partial charge in [0.25, 0.3) is 0 Å². The Kier molecular flexibility index (Phi) is 6.37. The number of fused-ring (bicyclic) bond motifs is 2. The van der Waals surface area contributed by atoms with Gasteiger partial charge in [0.1, 0.15) is 13.2 Å². The molecule has 0 radical (unpaired) electrons. The number of carbonyl (C=O) groups excluding carboxylic acids is 2. The van der Waals surface area contributed by atoms with Crippen LogP contribution in [-0.2, 0) is 11.3 Å². The van der Waals surface area contributed by atoms with Crippen molar-refractivity contribution in [3.63, 3.8) is 0 Å². The largest absolute Gasteiger partial charge is 0.486 e. The molecule has 2 N–H and O–H groups in total. The first-order chi connectivity index (χ1) is 14.2. The first kappa shape index (κ1) is 20.2. The monoisotopic (exact) mass is 419 g/mol. The van der Waals surface area contributed by atoms with Gasteiger partial charge in [0.05, 0.1) is 12.1 Å². The zero-order valence-electron chi connectivity index (χ0n) is 16.8. The molecule has 0 aliphatic carbocycles. The lowest BCUT2D eigenvalue weighted by Gasteiger charge is -2.25. The number of benzene rings is 1. The first-order valence-corrected chi connectivity index (χ1v) is 11.5. The van der Waals surface area contributed by atoms with E-state index in [9.17, 15) is 9.59 Å². The van der Waals surface area contributed by atoms with E-state index in [1.807, 2.05) is 41.8 Å². The summed E-state index contributed by atoms with van der Waals surface area (Å²) in [6.45, 7) is 4.33. The third kappa shape index (κ3) is 4.57. The summed E-state index contributed by atoms with van der Waals surface area (Å²) in [4.78, 5) is 26.1. The number of unbranched alkanes of at least 4 members (excludes halogenated alkanes) is 1. The second-order valence-electron chi connectivity index (χ2n) is 7.72. The number of rotatable bonds is 8. The van der Waals surface area contributed by atoms with Crippen LogP contribution in [0, 0.1) is 0 Å². The zero-order valence-corrected chi connectivity index (χ0v) is 17.6. The fourth-order valence-corrected chi connectivity index (χ4v) is 5.81. The molecule has 3 aliphatic rings. The fraction of sp³-hybridized carbons (Fsp3) is 0.619. The Morgan fingerprint density at radius 3 is 2.97 bits per heavy atom. The van der Waals surface area contributed by atoms with Crippen molar-refractivity contribution in [2.45, 2.75) is 56.5 Å². The van der Waals surface area contributed by atoms with E-state index in [4.69, 9.17) is 9.47 Å². The Morgan fingerprint density at radius 1 is 1.24 bits per heavy atom. The van der Waals surface area contributed by atoms with Gasteiger partial charge in [-0.15, -0.1) is 0 Å². The van der Waals surface area contributed by atoms with Crippen LogP contribution in [0.5, 0.6) is 11.5 Å². The number of hydrogen-bond acceptors (Lipinski definition) is 5. The number of para-hydroxylation sites is 1. The predicted octanol–water partition coefficient (Wildman–Crippen LogP) is 2.53. The van der Waals surface area contributed by atoms with E-state index in [0.717, 1.165) is 42.1 Å². The highest BCUT2D eigenvalue weighted by Gasteiger charge is 2.42. The number of nitrogens with one attached hydrogen (secondary N) is 2. The van der Waals surface area contributed by atoms with Crippen molar-refractivity contribution in [3.05, 3.63) is 23.8 Å². The summed E-state index contributed by atoms with van der Waals surface area (Å²) in [7, 11) is 0. The SMILES string of the molecule is CCN(Cc1cccc2c1OCCO2)C(=O)CCCC[C@@H]1SC[C@@H]2NC(=O)N[C@@H]21. The summed E-state index contributed by atoms with van der Waals surface area (Å²) in [5.41, 5.74) is 0.996. The number of thioether (sulfide) groups is 1. The number of nitrogens with zero attached hydrogens (tertiary/aromatic N) is 1. The molecule has 2 fully saturated rings. The number of carbonyl (C=O) groups is 2. The van der Waals surface area contributed by atoms with E-state index in [1.54, 1.807) is 0 Å². The highest BCUT2D eigenvalue weighted by molar-refractivity contribution is 8.00. The van der Waals surface area contributed by atoms with Gasteiger partial charge in [-0.3, -0.25) is 4.79 Å². The molecule has 8 heteroatoms. The highest BCUT2D eigenvalue weighted by atomic mass is 32.2. The number of ether oxygens (including phenoxy) is 2. The van der Waals surface area contributed by atoms with Gasteiger partial charge in [0, 0.05) is 36.1 Å². The van der Waals surface area contributed by atoms with Crippen LogP contribution < -0.4 is 20.1 Å². The summed E-state index contributed by atoms with van der Waals surface area (Å²) in [5, 5.41) is 6.45. The quantitative estimate of drug-likeness (QED) is 0.500. The Hall–Kier alpha value is -2.09. The molecule has 29 heavy (non-hydrogen) atoms. The Labute approximate surface area is 175 Å². The lowest BCUT2D eigenvalue weighted by atomic mass is 10.0. The van der Waals surface area contributed by atoms with Crippen molar-refractivity contribution in [2.75, 3.05) is 25.5 Å². The molecule has 7 nitrogen and oxygen atoms in total. The van der Waals surface area contributed by atoms with Crippen LogP contribution in [0.25, 0.3) is 0 Å². The van der Waals surface area contributed by atoms with Gasteiger partial charge in [0.15, 0.2) is 11.5 Å². The van der Waals surface area contributed by atoms with Crippen LogP contribution in [0.15, 0.2) is 18.2 Å². The molecule has 1 aromatic carbocycles. The predicted molar refractivity (Wildman–Crippen MR) is 112 cm³/mol. The number of urea groups is 1. The third-order valence-electron chi connectivity index (χ3n) is 5.81. The second kappa shape index (κ2) is 9.15. The minimum Gasteiger partial charge on any atom is -0.486 e. The molecule has 0 bridgehead atoms. The van der Waals surface area contributed by atoms with Crippen molar-refractivity contribution in [2.24, 2.45) is 0 Å². The molecule has 3 heterocycles. The normalized spacial score (nSPS) is 24.6. The Bertz CT molecular complexity index is 759. The molecule has 2 saturated heterocycles. The van der Waals surface area contributed by atoms with Crippen LogP contribution >= 0.6 is 11.8 Å². The molecule has 0 unspecified atom stereocenters. The van der Waals surface area contributed by atoms with E-state index in [0.29, 0.717) is 38.0 Å². The lowest BCUT2D eigenvalue weighted by Crippen LogP contribution is -2.36. The molecular weight excluding hydrogens is 390 g/mol. The van der Waals surface area contributed by atoms with E-state index in [2.05, 4.69) is 10.6 Å². The average molecular weight is 420 g/mol. The molecule has 3 atom stereocenters. The van der Waals surface area contributed by atoms with Gasteiger partial charge in [-0.2, -0.15) is 11.8 Å². The third-order valence-corrected chi connectivity index (χ3v) is 7.32. The van der Waals surface area contributed by atoms with Crippen LogP contribution in [-0.4, -0.2) is 59.7 Å². The van der Waals surface area contributed by atoms with Crippen molar-refractivity contribution in [1.29, 1.82) is 0 Å². The summed E-state index contributed by atoms with van der Waals surface area (Å²) in [6.07, 6.45) is 3.45. The minimum absolute atomic E-state index is 0.0449. The maximum absolute atomic E-state index is 12.8. The van der Waals surface area contributed by atoms with Crippen molar-refractivity contribution in [1.82, 2.24) is 15.5 Å². The van der Waals surface area contributed by atoms with Gasteiger partial charge in [-0.1, -0.05) is 18.6 Å². The standard InChI is InChI=1S/C21H29N3O4S/c1-2-24(12-14-6-5-7-16-20(14)28-11-10-27-16)18(25)9-4-3-8-17-19-15(13-29-17)22-21(26)23-19/h5-7,15,17,19H,2-4,8-13H2,1H3,(H2,22,23,26)/t15-,17-,19-/m0/s1. The smallest absolute Gasteiger partial charge is 0.315 e. The van der Waals surface area contributed by atoms with E-state index in [-0.39, 0.29) is 24.0 Å². The van der Waals surface area contributed by atoms with Crippen molar-refractivity contribution < 1.29 is 19.1 Å². The van der Waals surface area contributed by atoms with E-state index < -0.39 is 0 Å². The molecule has 158 valence electrons. The van der Waals surface area contributed by atoms with Crippen molar-refractivity contribution in [3.8, 4) is 11.5 Å². The molecule has 4 rings (SSSR count). The van der Waals surface area contributed by atoms with Crippen LogP contribution in [0.3, 0.4) is 0 Å². The van der Waals surface area contributed by atoms with Gasteiger partial charge in [-0.05, 0) is 25.8 Å². The van der Waals surface area contributed by atoms with Crippen LogP contribution in [0.1, 0.15) is 38.2 Å². The van der Waals surface area contributed by atoms with Crippen molar-refractivity contribution >= 4 is 23.7 Å². The molecule has 3 amide bonds. The minimum atomic E-state index is -0.0449. The Morgan fingerprint density at radius 2 is 2.10 bits per heavy atom. The average Bonchev–Trinajstić information content (AvgIpc) is 3.28. The lowest BCUT2D eigenvalue weighted by molar-refractivity contribution is -0.131. The second-order valence-corrected chi connectivity index (χ2v) is 8.99. The molecule has 0 aromatic heterocycles. The fourth-order valence-electron chi connectivity index (χ4n) is 4.26. The maximum Gasteiger partial charge on any atom is 0.315 e. The summed E-state index contributed by atoms with van der Waals surface area (Å²) < 4.78 is 11.4. The summed E-state index contributed by atoms with van der Waals surface area (Å²) in [5.74, 6) is 2.68. The molecule has 1 aromatic rings. The summed E-state index contributed by atoms with van der Waals surface area (Å²) >= 11 is 1.92. The van der Waals surface area contributed by atoms with Gasteiger partial charge < -0.3 is 25.0 Å². The zero-order chi connectivity index (χ0) is 20.2. The topological polar surface area (TPSA) is 79.9 Å². The molecule has 0 spiro atoms. The van der Waals surface area contributed by atoms with Crippen LogP contribution in [0.4, 0.5) is 4.79 Å². The number of amides is 3. The van der Waals surface area contributed by atoms with Gasteiger partial charge in [-0.25, -0.2) is 4.79 Å².